The number of benzene rings is 4. The van der Waals surface area contributed by atoms with Gasteiger partial charge in [0.05, 0.1) is 29.3 Å². The maximum absolute atomic E-state index is 4.62. The molecule has 5 aromatic heterocycles. The van der Waals surface area contributed by atoms with Crippen LogP contribution >= 0.6 is 26.4 Å². The fraction of sp³-hybridized carbons (Fsp3) is 0.180. The Morgan fingerprint density at radius 3 is 1.49 bits per heavy atom. The first-order valence-electron chi connectivity index (χ1n) is 23.6. The summed E-state index contributed by atoms with van der Waals surface area (Å²) in [6, 6.07) is 66.7. The van der Waals surface area contributed by atoms with Gasteiger partial charge in [0.15, 0.2) is 0 Å². The zero-order chi connectivity index (χ0) is 48.9. The summed E-state index contributed by atoms with van der Waals surface area (Å²) in [5, 5.41) is 0. The number of unbranched alkanes of at least 4 members (excludes halogenated alkanes) is 2. The van der Waals surface area contributed by atoms with E-state index in [9.17, 15) is 0 Å². The van der Waals surface area contributed by atoms with Crippen molar-refractivity contribution in [2.75, 3.05) is 6.54 Å². The number of aromatic nitrogens is 6. The third kappa shape index (κ3) is 21.7. The quantitative estimate of drug-likeness (QED) is 0.0798. The normalized spacial score (nSPS) is 10.7. The van der Waals surface area contributed by atoms with E-state index in [1.807, 2.05) is 121 Å². The van der Waals surface area contributed by atoms with Crippen LogP contribution in [0.3, 0.4) is 0 Å². The predicted octanol–water partition coefficient (Wildman–Crippen LogP) is 14.9. The zero-order valence-corrected chi connectivity index (χ0v) is 47.6. The molecule has 9 aromatic rings. The van der Waals surface area contributed by atoms with Gasteiger partial charge in [0.2, 0.25) is 6.33 Å². The first-order chi connectivity index (χ1) is 34.6. The molecule has 0 saturated carbocycles. The molecule has 0 saturated heterocycles. The van der Waals surface area contributed by atoms with Gasteiger partial charge in [-0.05, 0) is 90.7 Å². The topological polar surface area (TPSA) is 66.8 Å². The van der Waals surface area contributed by atoms with Crippen LogP contribution in [0.15, 0.2) is 226 Å². The summed E-state index contributed by atoms with van der Waals surface area (Å²) in [5.74, 6) is 0. The molecule has 0 amide bonds. The van der Waals surface area contributed by atoms with Crippen molar-refractivity contribution in [3.05, 3.63) is 255 Å². The number of aryl methyl sites for hydroxylation is 1. The fourth-order valence-corrected chi connectivity index (χ4v) is 7.19. The average Bonchev–Trinajstić information content (AvgIpc) is 4.11. The first kappa shape index (κ1) is 61.5. The number of imidazole rings is 1. The molecular formula is C61H65BrClN8Pt2+. The Morgan fingerprint density at radius 2 is 1.00 bits per heavy atom. The Hall–Kier alpha value is -5.82. The van der Waals surface area contributed by atoms with Gasteiger partial charge in [-0.15, -0.1) is 88.8 Å². The standard InChI is InChI=1S/2C16H11N2.2C14H19N2.CH4.BrH.ClH.2Pt/c2*1-2-7-13(8-3-1)14-10-6-11-16(18-14)15-9-4-5-12-17-15;2*1-2-3-9-15-10-11-16(13-15)12-14-7-5-4-6-8-14;;;;;/h2*1-7,9-12H;2*4-8,10-11,13H,2-3,9,12H2,1H3;1H4;2*1H;;/q3*-1;+1;;;;2*+2/p-1. The van der Waals surface area contributed by atoms with E-state index in [4.69, 9.17) is 0 Å². The molecule has 382 valence electrons. The van der Waals surface area contributed by atoms with Gasteiger partial charge in [0.25, 0.3) is 0 Å². The van der Waals surface area contributed by atoms with Gasteiger partial charge in [-0.25, -0.2) is 9.13 Å². The molecule has 10 rings (SSSR count). The van der Waals surface area contributed by atoms with Crippen LogP contribution in [0.5, 0.6) is 0 Å². The smallest absolute Gasteiger partial charge is 0.295 e. The predicted molar refractivity (Wildman–Crippen MR) is 299 cm³/mol. The van der Waals surface area contributed by atoms with E-state index in [1.54, 1.807) is 31.2 Å². The van der Waals surface area contributed by atoms with Gasteiger partial charge in [-0.2, -0.15) is 6.67 Å². The minimum Gasteiger partial charge on any atom is -0.295 e. The second-order valence-electron chi connectivity index (χ2n) is 16.1. The molecule has 0 aliphatic carbocycles. The largest absolute Gasteiger partial charge is 2.00 e. The van der Waals surface area contributed by atoms with Crippen LogP contribution in [0, 0.1) is 18.8 Å². The van der Waals surface area contributed by atoms with E-state index in [1.165, 1.54) is 36.8 Å². The molecule has 6 heterocycles. The van der Waals surface area contributed by atoms with Crippen LogP contribution in [-0.2, 0) is 59.5 Å². The Bertz CT molecular complexity index is 2580. The molecule has 73 heavy (non-hydrogen) atoms. The van der Waals surface area contributed by atoms with Crippen molar-refractivity contribution in [2.24, 2.45) is 0 Å². The number of hydrogen-bond donors (Lipinski definition) is 0. The van der Waals surface area contributed by atoms with E-state index < -0.39 is 0 Å². The maximum atomic E-state index is 4.62. The maximum Gasteiger partial charge on any atom is 2.00 e. The molecule has 8 nitrogen and oxygen atoms in total. The molecule has 0 atom stereocenters. The monoisotopic (exact) mass is 1410 g/mol. The van der Waals surface area contributed by atoms with Crippen molar-refractivity contribution >= 4 is 26.4 Å². The fourth-order valence-electron chi connectivity index (χ4n) is 7.19. The summed E-state index contributed by atoms with van der Waals surface area (Å²) in [5.41, 5.74) is 10.0. The van der Waals surface area contributed by atoms with Gasteiger partial charge < -0.3 is 9.80 Å². The van der Waals surface area contributed by atoms with Crippen molar-refractivity contribution in [1.82, 2.24) is 34.3 Å². The molecular weight excluding hydrogens is 1350 g/mol. The van der Waals surface area contributed by atoms with Gasteiger partial charge in [0, 0.05) is 18.9 Å². The molecule has 1 aliphatic rings. The summed E-state index contributed by atoms with van der Waals surface area (Å²) in [6.07, 6.45) is 19.3. The second-order valence-corrected chi connectivity index (χ2v) is 16.1. The molecule has 0 spiro atoms. The Morgan fingerprint density at radius 1 is 0.534 bits per heavy atom. The zero-order valence-electron chi connectivity index (χ0n) is 40.6. The van der Waals surface area contributed by atoms with Crippen LogP contribution in [0.4, 0.5) is 0 Å². The van der Waals surface area contributed by atoms with E-state index in [0.717, 1.165) is 71.5 Å². The number of pyridine rings is 4. The van der Waals surface area contributed by atoms with E-state index in [0.29, 0.717) is 0 Å². The Balaban J connectivity index is 0.000000251. The Kier molecular flexibility index (Phi) is 30.4. The van der Waals surface area contributed by atoms with Gasteiger partial charge in [0.1, 0.15) is 18.9 Å². The van der Waals surface area contributed by atoms with E-state index >= 15 is 0 Å². The number of rotatable bonds is 14. The first-order valence-corrected chi connectivity index (χ1v) is 26.5. The summed E-state index contributed by atoms with van der Waals surface area (Å²) in [7, 11) is 4.61. The van der Waals surface area contributed by atoms with Crippen molar-refractivity contribution in [2.45, 2.75) is 66.6 Å². The molecule has 1 aliphatic heterocycles. The number of halogens is 2. The molecule has 0 bridgehead atoms. The molecule has 0 unspecified atom stereocenters. The molecule has 0 N–H and O–H groups in total. The summed E-state index contributed by atoms with van der Waals surface area (Å²) in [6.45, 7) is 10.8. The van der Waals surface area contributed by atoms with Crippen LogP contribution in [-0.4, -0.2) is 40.8 Å². The van der Waals surface area contributed by atoms with Gasteiger partial charge >= 0.3 is 49.3 Å². The van der Waals surface area contributed by atoms with Gasteiger partial charge in [-0.3, -0.25) is 19.9 Å². The average molecular weight is 1420 g/mol. The van der Waals surface area contributed by atoms with Gasteiger partial charge in [-0.1, -0.05) is 131 Å². The van der Waals surface area contributed by atoms with Crippen molar-refractivity contribution in [3.63, 3.8) is 0 Å². The van der Waals surface area contributed by atoms with Crippen LogP contribution < -0.4 is 4.57 Å². The third-order valence-electron chi connectivity index (χ3n) is 10.8. The van der Waals surface area contributed by atoms with Crippen LogP contribution in [0.1, 0.15) is 58.1 Å². The number of nitrogens with zero attached hydrogens (tertiary/aromatic N) is 8. The van der Waals surface area contributed by atoms with E-state index in [2.05, 4.69) is 173 Å². The molecule has 0 radical (unpaired) electrons. The second kappa shape index (κ2) is 36.2. The molecule has 12 heteroatoms. The minimum atomic E-state index is 0. The molecule has 4 aromatic carbocycles. The molecule has 0 fully saturated rings. The van der Waals surface area contributed by atoms with Crippen LogP contribution in [0.25, 0.3) is 45.3 Å². The SMILES string of the molecule is Br.C.CCCCN1C=CN(Cc2ccccc2)[CH-]1.CCCCn1cc[n+](Cc2ccccc2)c1.[Cl][Pt+].[Pt+2].[c-]1ccccc1-c1cccc(-c2ccccn2)n1.[c-]1ccccc1-c1cccc(-c2ccccn2)n1. The van der Waals surface area contributed by atoms with Crippen molar-refractivity contribution in [3.8, 4) is 45.3 Å². The summed E-state index contributed by atoms with van der Waals surface area (Å²) < 4.78 is 4.48. The Labute approximate surface area is 475 Å². The minimum absolute atomic E-state index is 0. The van der Waals surface area contributed by atoms with Crippen molar-refractivity contribution in [1.29, 1.82) is 0 Å². The van der Waals surface area contributed by atoms with Crippen LogP contribution in [0.2, 0.25) is 0 Å². The van der Waals surface area contributed by atoms with E-state index in [-0.39, 0.29) is 45.5 Å². The van der Waals surface area contributed by atoms with Crippen molar-refractivity contribution < 1.29 is 44.4 Å². The summed E-state index contributed by atoms with van der Waals surface area (Å²) in [4.78, 5) is 22.3. The summed E-state index contributed by atoms with van der Waals surface area (Å²) >= 11 is 1.61. The number of hydrogen-bond acceptors (Lipinski definition) is 6. The third-order valence-corrected chi connectivity index (χ3v) is 10.8.